The predicted molar refractivity (Wildman–Crippen MR) is 153 cm³/mol. The van der Waals surface area contributed by atoms with Gasteiger partial charge in [-0.05, 0) is 72.2 Å². The Kier molecular flexibility index (Phi) is 11.1. The van der Waals surface area contributed by atoms with Crippen LogP contribution in [0.5, 0.6) is 11.5 Å². The van der Waals surface area contributed by atoms with Crippen LogP contribution < -0.4 is 20.9 Å². The molecule has 0 aliphatic carbocycles. The lowest BCUT2D eigenvalue weighted by molar-refractivity contribution is -0.128. The fourth-order valence-corrected chi connectivity index (χ4v) is 3.88. The molecule has 0 aromatic heterocycles. The molecule has 3 aromatic rings. The highest BCUT2D eigenvalue weighted by Crippen LogP contribution is 2.23. The van der Waals surface area contributed by atoms with Gasteiger partial charge in [0.15, 0.2) is 0 Å². The number of nitrogen functional groups attached to an aromatic ring is 2. The number of carboxylic acid groups (broad SMARTS) is 1. The third-order valence-electron chi connectivity index (χ3n) is 5.99. The molecule has 0 aliphatic heterocycles. The Bertz CT molecular complexity index is 1330. The summed E-state index contributed by atoms with van der Waals surface area (Å²) in [5.41, 5.74) is 13.3. The van der Waals surface area contributed by atoms with Crippen molar-refractivity contribution in [3.63, 3.8) is 0 Å². The molecule has 0 saturated heterocycles. The van der Waals surface area contributed by atoms with Crippen molar-refractivity contribution in [3.05, 3.63) is 89.0 Å². The minimum absolute atomic E-state index is 0.0255. The topological polar surface area (TPSA) is 151 Å². The minimum Gasteiger partial charge on any atom is -0.494 e. The highest BCUT2D eigenvalue weighted by Gasteiger charge is 2.15. The van der Waals surface area contributed by atoms with Gasteiger partial charge in [0.05, 0.1) is 24.3 Å². The number of esters is 2. The maximum atomic E-state index is 12.4. The molecular formula is C31H34N2O7. The van der Waals surface area contributed by atoms with E-state index >= 15 is 0 Å². The Morgan fingerprint density at radius 3 is 2.25 bits per heavy atom. The molecule has 0 heterocycles. The fourth-order valence-electron chi connectivity index (χ4n) is 3.88. The molecule has 0 atom stereocenters. The first-order valence-corrected chi connectivity index (χ1v) is 13.1. The molecule has 3 rings (SSSR count). The zero-order valence-electron chi connectivity index (χ0n) is 22.4. The third-order valence-corrected chi connectivity index (χ3v) is 5.99. The number of ether oxygens (including phenoxy) is 3. The number of aromatic carboxylic acids is 1. The number of unbranched alkanes of at least 4 members (excludes halogenated alkanes) is 3. The van der Waals surface area contributed by atoms with Gasteiger partial charge in [0.25, 0.3) is 0 Å². The number of benzene rings is 3. The van der Waals surface area contributed by atoms with Gasteiger partial charge in [-0.1, -0.05) is 38.3 Å². The van der Waals surface area contributed by atoms with Gasteiger partial charge >= 0.3 is 17.9 Å². The van der Waals surface area contributed by atoms with Crippen LogP contribution in [0.25, 0.3) is 6.08 Å². The van der Waals surface area contributed by atoms with Crippen LogP contribution in [0, 0.1) is 0 Å². The van der Waals surface area contributed by atoms with Crippen molar-refractivity contribution in [1.29, 1.82) is 0 Å². The van der Waals surface area contributed by atoms with Gasteiger partial charge in [-0.25, -0.2) is 14.4 Å². The molecule has 9 heteroatoms. The van der Waals surface area contributed by atoms with Crippen molar-refractivity contribution >= 4 is 35.4 Å². The quantitative estimate of drug-likeness (QED) is 0.0779. The molecule has 9 nitrogen and oxygen atoms in total. The van der Waals surface area contributed by atoms with E-state index in [0.29, 0.717) is 29.0 Å². The van der Waals surface area contributed by atoms with E-state index in [9.17, 15) is 19.5 Å². The summed E-state index contributed by atoms with van der Waals surface area (Å²) in [6, 6.07) is 16.1. The van der Waals surface area contributed by atoms with Crippen LogP contribution >= 0.6 is 0 Å². The van der Waals surface area contributed by atoms with Crippen LogP contribution in [0.4, 0.5) is 11.4 Å². The Morgan fingerprint density at radius 1 is 0.875 bits per heavy atom. The van der Waals surface area contributed by atoms with Gasteiger partial charge in [0.2, 0.25) is 0 Å². The van der Waals surface area contributed by atoms with Gasteiger partial charge in [0.1, 0.15) is 11.5 Å². The maximum Gasteiger partial charge on any atom is 0.338 e. The van der Waals surface area contributed by atoms with E-state index in [1.807, 2.05) is 0 Å². The molecule has 0 bridgehead atoms. The van der Waals surface area contributed by atoms with Crippen molar-refractivity contribution < 1.29 is 33.7 Å². The Hall–Kier alpha value is -4.79. The van der Waals surface area contributed by atoms with Crippen LogP contribution in [0.2, 0.25) is 0 Å². The summed E-state index contributed by atoms with van der Waals surface area (Å²) in [5.74, 6) is -1.15. The Labute approximate surface area is 233 Å². The van der Waals surface area contributed by atoms with Gasteiger partial charge < -0.3 is 30.8 Å². The third kappa shape index (κ3) is 9.20. The summed E-state index contributed by atoms with van der Waals surface area (Å²) in [4.78, 5) is 36.1. The normalized spacial score (nSPS) is 10.8. The molecule has 0 saturated carbocycles. The predicted octanol–water partition coefficient (Wildman–Crippen LogP) is 5.53. The second-order valence-electron chi connectivity index (χ2n) is 9.08. The Morgan fingerprint density at radius 2 is 1.57 bits per heavy atom. The van der Waals surface area contributed by atoms with E-state index in [4.69, 9.17) is 25.7 Å². The van der Waals surface area contributed by atoms with Gasteiger partial charge in [-0.15, -0.1) is 0 Å². The second-order valence-corrected chi connectivity index (χ2v) is 9.08. The van der Waals surface area contributed by atoms with Crippen molar-refractivity contribution in [3.8, 4) is 11.5 Å². The van der Waals surface area contributed by atoms with Gasteiger partial charge in [-0.3, -0.25) is 0 Å². The van der Waals surface area contributed by atoms with E-state index in [1.165, 1.54) is 31.1 Å². The van der Waals surface area contributed by atoms with Crippen molar-refractivity contribution in [1.82, 2.24) is 0 Å². The number of carbonyl (C=O) groups excluding carboxylic acids is 2. The highest BCUT2D eigenvalue weighted by atomic mass is 16.5. The lowest BCUT2D eigenvalue weighted by Gasteiger charge is -2.11. The number of nitrogens with two attached hydrogens (primary N) is 2. The summed E-state index contributed by atoms with van der Waals surface area (Å²) in [7, 11) is 0. The van der Waals surface area contributed by atoms with E-state index < -0.39 is 17.9 Å². The second kappa shape index (κ2) is 15.0. The molecule has 0 radical (unpaired) electrons. The zero-order chi connectivity index (χ0) is 28.9. The fraction of sp³-hybridized carbons (Fsp3) is 0.258. The monoisotopic (exact) mass is 546 g/mol. The lowest BCUT2D eigenvalue weighted by atomic mass is 10.0. The van der Waals surface area contributed by atoms with Crippen LogP contribution in [-0.2, 0) is 16.0 Å². The number of hydrogen-bond acceptors (Lipinski definition) is 8. The summed E-state index contributed by atoms with van der Waals surface area (Å²) in [6.45, 7) is 2.76. The number of carboxylic acids is 1. The number of rotatable bonds is 14. The van der Waals surface area contributed by atoms with E-state index in [0.717, 1.165) is 18.6 Å². The number of hydrogen-bond donors (Lipinski definition) is 3. The smallest absolute Gasteiger partial charge is 0.338 e. The average molecular weight is 547 g/mol. The van der Waals surface area contributed by atoms with Crippen LogP contribution in [0.1, 0.15) is 64.4 Å². The molecule has 0 amide bonds. The molecular weight excluding hydrogens is 512 g/mol. The van der Waals surface area contributed by atoms with Gasteiger partial charge in [-0.2, -0.15) is 0 Å². The molecule has 5 N–H and O–H groups in total. The lowest BCUT2D eigenvalue weighted by Crippen LogP contribution is -2.12. The number of anilines is 2. The Balaban J connectivity index is 1.46. The van der Waals surface area contributed by atoms with Crippen LogP contribution in [0.15, 0.2) is 66.7 Å². The molecule has 40 heavy (non-hydrogen) atoms. The standard InChI is InChI=1S/C31H34N2O7/c1-2-3-4-5-17-38-24-11-13-25(14-12-24)40-29(34)15-8-21-6-9-22(10-7-21)31(37)39-18-16-26-27(30(35)36)19-23(32)20-28(26)33/h6-15,19-20H,2-5,16-18,32-33H2,1H3,(H,35,36)/b15-8+. The highest BCUT2D eigenvalue weighted by molar-refractivity contribution is 5.93. The van der Waals surface area contributed by atoms with Crippen molar-refractivity contribution in [2.24, 2.45) is 0 Å². The van der Waals surface area contributed by atoms with E-state index in [2.05, 4.69) is 6.92 Å². The van der Waals surface area contributed by atoms with Crippen LogP contribution in [0.3, 0.4) is 0 Å². The molecule has 0 spiro atoms. The zero-order valence-corrected chi connectivity index (χ0v) is 22.4. The molecule has 0 aliphatic rings. The molecule has 0 fully saturated rings. The summed E-state index contributed by atoms with van der Waals surface area (Å²) < 4.78 is 16.3. The molecule has 210 valence electrons. The largest absolute Gasteiger partial charge is 0.494 e. The van der Waals surface area contributed by atoms with Crippen LogP contribution in [-0.4, -0.2) is 36.2 Å². The summed E-state index contributed by atoms with van der Waals surface area (Å²) >= 11 is 0. The van der Waals surface area contributed by atoms with E-state index in [-0.39, 0.29) is 30.0 Å². The number of carbonyl (C=O) groups is 3. The van der Waals surface area contributed by atoms with Gasteiger partial charge in [0, 0.05) is 23.9 Å². The first kappa shape index (κ1) is 29.8. The minimum atomic E-state index is -1.16. The molecule has 0 unspecified atom stereocenters. The van der Waals surface area contributed by atoms with E-state index in [1.54, 1.807) is 54.6 Å². The first-order chi connectivity index (χ1) is 19.3. The maximum absolute atomic E-state index is 12.4. The average Bonchev–Trinajstić information content (AvgIpc) is 2.93. The molecule has 3 aromatic carbocycles. The van der Waals surface area contributed by atoms with Crippen molar-refractivity contribution in [2.75, 3.05) is 24.7 Å². The first-order valence-electron chi connectivity index (χ1n) is 13.1. The summed E-state index contributed by atoms with van der Waals surface area (Å²) in [5, 5.41) is 9.38. The van der Waals surface area contributed by atoms with Crippen molar-refractivity contribution in [2.45, 2.75) is 39.0 Å². The SMILES string of the molecule is CCCCCCOc1ccc(OC(=O)/C=C/c2ccc(C(=O)OCCc3c(N)cc(N)cc3C(=O)O)cc2)cc1. The summed E-state index contributed by atoms with van der Waals surface area (Å²) in [6.07, 6.45) is 7.51.